The average molecular weight is 211 g/mol. The molecule has 14 heavy (non-hydrogen) atoms. The Morgan fingerprint density at radius 3 is 3.07 bits per heavy atom. The molecule has 1 aromatic rings. The summed E-state index contributed by atoms with van der Waals surface area (Å²) in [6.45, 7) is 2.72. The molecule has 2 atom stereocenters. The molecular formula is C9H13N3OS. The summed E-state index contributed by atoms with van der Waals surface area (Å²) >= 11 is 1.59. The Hall–Kier alpha value is -0.940. The van der Waals surface area contributed by atoms with Crippen LogP contribution in [-0.2, 0) is 4.79 Å². The van der Waals surface area contributed by atoms with E-state index in [2.05, 4.69) is 11.9 Å². The maximum absolute atomic E-state index is 11.4. The molecule has 1 aromatic heterocycles. The zero-order valence-corrected chi connectivity index (χ0v) is 8.83. The lowest BCUT2D eigenvalue weighted by atomic mass is 10.0. The Kier molecular flexibility index (Phi) is 2.52. The molecule has 0 spiro atoms. The van der Waals surface area contributed by atoms with Gasteiger partial charge in [-0.1, -0.05) is 6.92 Å². The molecule has 0 aromatic carbocycles. The van der Waals surface area contributed by atoms with Crippen molar-refractivity contribution in [3.63, 3.8) is 0 Å². The number of aromatic nitrogens is 1. The molecule has 0 aliphatic carbocycles. The van der Waals surface area contributed by atoms with Crippen LogP contribution in [-0.4, -0.2) is 28.4 Å². The molecule has 0 saturated carbocycles. The first-order valence-electron chi connectivity index (χ1n) is 4.69. The molecule has 4 nitrogen and oxygen atoms in total. The molecule has 1 aliphatic rings. The van der Waals surface area contributed by atoms with E-state index in [1.165, 1.54) is 0 Å². The van der Waals surface area contributed by atoms with Gasteiger partial charge in [-0.15, -0.1) is 11.3 Å². The van der Waals surface area contributed by atoms with Crippen molar-refractivity contribution in [2.45, 2.75) is 25.4 Å². The van der Waals surface area contributed by atoms with Gasteiger partial charge in [0.05, 0.1) is 6.04 Å². The second-order valence-corrected chi connectivity index (χ2v) is 4.32. The molecule has 1 fully saturated rings. The van der Waals surface area contributed by atoms with Gasteiger partial charge < -0.3 is 10.6 Å². The molecule has 2 N–H and O–H groups in total. The van der Waals surface area contributed by atoms with E-state index in [0.29, 0.717) is 6.54 Å². The SMILES string of the molecule is CCC(c1nccs1)N1CC(N)C1=O. The molecule has 2 heterocycles. The van der Waals surface area contributed by atoms with E-state index in [4.69, 9.17) is 5.73 Å². The molecule has 0 radical (unpaired) electrons. The lowest BCUT2D eigenvalue weighted by molar-refractivity contribution is -0.146. The maximum Gasteiger partial charge on any atom is 0.241 e. The standard InChI is InChI=1S/C9H13N3OS/c1-2-7(8-11-3-4-14-8)12-5-6(10)9(12)13/h3-4,6-7H,2,5,10H2,1H3. The molecule has 1 aliphatic heterocycles. The Morgan fingerprint density at radius 1 is 1.86 bits per heavy atom. The first-order chi connectivity index (χ1) is 6.74. The zero-order chi connectivity index (χ0) is 10.1. The van der Waals surface area contributed by atoms with Crippen LogP contribution >= 0.6 is 11.3 Å². The first-order valence-corrected chi connectivity index (χ1v) is 5.57. The zero-order valence-electron chi connectivity index (χ0n) is 8.01. The third kappa shape index (κ3) is 1.42. The molecule has 5 heteroatoms. The molecule has 1 amide bonds. The minimum atomic E-state index is -0.288. The number of carbonyl (C=O) groups is 1. The van der Waals surface area contributed by atoms with E-state index in [1.54, 1.807) is 17.5 Å². The topological polar surface area (TPSA) is 59.2 Å². The van der Waals surface area contributed by atoms with Crippen LogP contribution in [0.4, 0.5) is 0 Å². The highest BCUT2D eigenvalue weighted by Crippen LogP contribution is 2.29. The van der Waals surface area contributed by atoms with Crippen LogP contribution in [0, 0.1) is 0 Å². The van der Waals surface area contributed by atoms with Gasteiger partial charge in [0.2, 0.25) is 5.91 Å². The van der Waals surface area contributed by atoms with Crippen molar-refractivity contribution in [2.75, 3.05) is 6.54 Å². The van der Waals surface area contributed by atoms with Gasteiger partial charge in [0.25, 0.3) is 0 Å². The van der Waals surface area contributed by atoms with Gasteiger partial charge in [-0.3, -0.25) is 4.79 Å². The number of nitrogens with two attached hydrogens (primary N) is 1. The number of hydrogen-bond donors (Lipinski definition) is 1. The Balaban J connectivity index is 2.12. The molecule has 2 unspecified atom stereocenters. The van der Waals surface area contributed by atoms with Gasteiger partial charge in [-0.2, -0.15) is 0 Å². The van der Waals surface area contributed by atoms with Crippen LogP contribution in [0.15, 0.2) is 11.6 Å². The highest BCUT2D eigenvalue weighted by Gasteiger charge is 2.38. The number of carbonyl (C=O) groups excluding carboxylic acids is 1. The van der Waals surface area contributed by atoms with Crippen LogP contribution in [0.2, 0.25) is 0 Å². The van der Waals surface area contributed by atoms with Crippen molar-refractivity contribution in [1.82, 2.24) is 9.88 Å². The largest absolute Gasteiger partial charge is 0.330 e. The fourth-order valence-electron chi connectivity index (χ4n) is 1.69. The molecule has 0 bridgehead atoms. The van der Waals surface area contributed by atoms with Gasteiger partial charge >= 0.3 is 0 Å². The number of nitrogens with zero attached hydrogens (tertiary/aromatic N) is 2. The monoisotopic (exact) mass is 211 g/mol. The predicted molar refractivity (Wildman–Crippen MR) is 54.8 cm³/mol. The molecular weight excluding hydrogens is 198 g/mol. The van der Waals surface area contributed by atoms with Gasteiger partial charge in [0, 0.05) is 18.1 Å². The molecule has 2 rings (SSSR count). The smallest absolute Gasteiger partial charge is 0.241 e. The summed E-state index contributed by atoms with van der Waals surface area (Å²) in [5.41, 5.74) is 5.55. The van der Waals surface area contributed by atoms with E-state index in [-0.39, 0.29) is 18.0 Å². The van der Waals surface area contributed by atoms with Crippen LogP contribution in [0.1, 0.15) is 24.4 Å². The number of hydrogen-bond acceptors (Lipinski definition) is 4. The van der Waals surface area contributed by atoms with Gasteiger partial charge in [-0.05, 0) is 6.42 Å². The van der Waals surface area contributed by atoms with E-state index >= 15 is 0 Å². The summed E-state index contributed by atoms with van der Waals surface area (Å²) in [4.78, 5) is 17.5. The van der Waals surface area contributed by atoms with E-state index in [1.807, 2.05) is 10.3 Å². The van der Waals surface area contributed by atoms with E-state index in [0.717, 1.165) is 11.4 Å². The van der Waals surface area contributed by atoms with E-state index < -0.39 is 0 Å². The summed E-state index contributed by atoms with van der Waals surface area (Å²) in [6, 6.07) is -0.161. The maximum atomic E-state index is 11.4. The number of amides is 1. The highest BCUT2D eigenvalue weighted by atomic mass is 32.1. The third-order valence-electron chi connectivity index (χ3n) is 2.49. The Morgan fingerprint density at radius 2 is 2.64 bits per heavy atom. The van der Waals surface area contributed by atoms with Crippen molar-refractivity contribution >= 4 is 17.2 Å². The Labute approximate surface area is 86.7 Å². The Bertz CT molecular complexity index is 325. The van der Waals surface area contributed by atoms with Gasteiger partial charge in [-0.25, -0.2) is 4.98 Å². The predicted octanol–water partition coefficient (Wildman–Crippen LogP) is 0.764. The number of rotatable bonds is 3. The van der Waals surface area contributed by atoms with Crippen molar-refractivity contribution in [3.05, 3.63) is 16.6 Å². The first kappa shape index (κ1) is 9.61. The second kappa shape index (κ2) is 3.67. The van der Waals surface area contributed by atoms with Gasteiger partial charge in [0.15, 0.2) is 0 Å². The minimum Gasteiger partial charge on any atom is -0.330 e. The highest BCUT2D eigenvalue weighted by molar-refractivity contribution is 7.09. The van der Waals surface area contributed by atoms with Crippen molar-refractivity contribution in [3.8, 4) is 0 Å². The number of thiazole rings is 1. The summed E-state index contributed by atoms with van der Waals surface area (Å²) < 4.78 is 0. The fraction of sp³-hybridized carbons (Fsp3) is 0.556. The third-order valence-corrected chi connectivity index (χ3v) is 3.37. The quantitative estimate of drug-likeness (QED) is 0.751. The van der Waals surface area contributed by atoms with Gasteiger partial charge in [0.1, 0.15) is 11.0 Å². The van der Waals surface area contributed by atoms with Crippen LogP contribution < -0.4 is 5.73 Å². The number of β-lactam (4-membered cyclic amide) rings is 1. The molecule has 1 saturated heterocycles. The number of likely N-dealkylation sites (tertiary alicyclic amines) is 1. The van der Waals surface area contributed by atoms with Crippen LogP contribution in [0.5, 0.6) is 0 Å². The van der Waals surface area contributed by atoms with Crippen molar-refractivity contribution < 1.29 is 4.79 Å². The lowest BCUT2D eigenvalue weighted by Crippen LogP contribution is -2.61. The minimum absolute atomic E-state index is 0.0482. The summed E-state index contributed by atoms with van der Waals surface area (Å²) in [5, 5.41) is 2.94. The normalized spacial score (nSPS) is 23.4. The average Bonchev–Trinajstić information content (AvgIpc) is 2.71. The van der Waals surface area contributed by atoms with E-state index in [9.17, 15) is 4.79 Å². The second-order valence-electron chi connectivity index (χ2n) is 3.39. The summed E-state index contributed by atoms with van der Waals surface area (Å²) in [6.07, 6.45) is 2.67. The van der Waals surface area contributed by atoms with Crippen molar-refractivity contribution in [2.24, 2.45) is 5.73 Å². The van der Waals surface area contributed by atoms with Crippen LogP contribution in [0.3, 0.4) is 0 Å². The molecule has 76 valence electrons. The summed E-state index contributed by atoms with van der Waals surface area (Å²) in [5.74, 6) is 0.0482. The summed E-state index contributed by atoms with van der Waals surface area (Å²) in [7, 11) is 0. The lowest BCUT2D eigenvalue weighted by Gasteiger charge is -2.41. The fourth-order valence-corrected chi connectivity index (χ4v) is 2.52. The van der Waals surface area contributed by atoms with Crippen LogP contribution in [0.25, 0.3) is 0 Å². The van der Waals surface area contributed by atoms with Crippen molar-refractivity contribution in [1.29, 1.82) is 0 Å².